The molecule has 1 aromatic carbocycles. The summed E-state index contributed by atoms with van der Waals surface area (Å²) in [5, 5.41) is 0. The normalized spacial score (nSPS) is 11.4. The average molecular weight is 379 g/mol. The van der Waals surface area contributed by atoms with Crippen LogP contribution in [0.15, 0.2) is 27.6 Å². The summed E-state index contributed by atoms with van der Waals surface area (Å²) >= 11 is 3.12. The van der Waals surface area contributed by atoms with Gasteiger partial charge in [0.15, 0.2) is 6.61 Å². The van der Waals surface area contributed by atoms with E-state index in [1.165, 1.54) is 12.1 Å². The Morgan fingerprint density at radius 2 is 2.00 bits per heavy atom. The Morgan fingerprint density at radius 3 is 2.52 bits per heavy atom. The van der Waals surface area contributed by atoms with E-state index in [9.17, 15) is 18.0 Å². The number of hydrogen-bond acceptors (Lipinski definition) is 5. The zero-order chi connectivity index (χ0) is 16.2. The highest BCUT2D eigenvalue weighted by Gasteiger charge is 2.20. The molecular weight excluding hydrogens is 364 g/mol. The second-order valence-corrected chi connectivity index (χ2v) is 7.03. The molecule has 0 fully saturated rings. The van der Waals surface area contributed by atoms with E-state index in [1.54, 1.807) is 13.8 Å². The minimum Gasteiger partial charge on any atom is -0.452 e. The number of carbonyl (C=O) groups is 2. The molecule has 3 N–H and O–H groups in total. The van der Waals surface area contributed by atoms with Crippen molar-refractivity contribution in [3.63, 3.8) is 0 Å². The highest BCUT2D eigenvalue weighted by molar-refractivity contribution is 9.10. The first kappa shape index (κ1) is 17.6. The van der Waals surface area contributed by atoms with E-state index in [0.29, 0.717) is 4.47 Å². The molecule has 7 nitrogen and oxygen atoms in total. The predicted octanol–water partition coefficient (Wildman–Crippen LogP) is 0.778. The number of hydrogen-bond donors (Lipinski definition) is 2. The summed E-state index contributed by atoms with van der Waals surface area (Å²) in [6.07, 6.45) is 0. The molecule has 9 heteroatoms. The number of nitrogens with one attached hydrogen (secondary N) is 1. The fraction of sp³-hybridized carbons (Fsp3) is 0.333. The minimum atomic E-state index is -3.73. The van der Waals surface area contributed by atoms with Crippen LogP contribution in [0.2, 0.25) is 0 Å². The van der Waals surface area contributed by atoms with E-state index in [2.05, 4.69) is 25.4 Å². The van der Waals surface area contributed by atoms with Gasteiger partial charge in [0.25, 0.3) is 5.91 Å². The fourth-order valence-corrected chi connectivity index (χ4v) is 3.11. The molecule has 0 aromatic heterocycles. The van der Waals surface area contributed by atoms with Gasteiger partial charge >= 0.3 is 5.97 Å². The molecular formula is C12H15BrN2O5S. The van der Waals surface area contributed by atoms with Gasteiger partial charge in [0.1, 0.15) is 0 Å². The monoisotopic (exact) mass is 378 g/mol. The first-order valence-electron chi connectivity index (χ1n) is 5.91. The highest BCUT2D eigenvalue weighted by atomic mass is 79.9. The van der Waals surface area contributed by atoms with Crippen LogP contribution in [0.3, 0.4) is 0 Å². The number of carbonyl (C=O) groups excluding carboxylic acids is 2. The number of primary amides is 1. The summed E-state index contributed by atoms with van der Waals surface area (Å²) in [4.78, 5) is 22.3. The lowest BCUT2D eigenvalue weighted by atomic mass is 10.2. The number of esters is 1. The molecule has 0 radical (unpaired) electrons. The molecule has 0 aliphatic rings. The number of nitrogens with two attached hydrogens (primary N) is 1. The number of benzene rings is 1. The van der Waals surface area contributed by atoms with Crippen LogP contribution in [0, 0.1) is 0 Å². The average Bonchev–Trinajstić information content (AvgIpc) is 2.34. The van der Waals surface area contributed by atoms with Crippen LogP contribution in [0.4, 0.5) is 0 Å². The molecule has 0 saturated heterocycles. The smallest absolute Gasteiger partial charge is 0.339 e. The molecule has 0 spiro atoms. The first-order valence-corrected chi connectivity index (χ1v) is 8.18. The van der Waals surface area contributed by atoms with E-state index < -0.39 is 28.5 Å². The summed E-state index contributed by atoms with van der Waals surface area (Å²) < 4.78 is 31.5. The van der Waals surface area contributed by atoms with E-state index in [4.69, 9.17) is 5.73 Å². The van der Waals surface area contributed by atoms with Gasteiger partial charge < -0.3 is 10.5 Å². The van der Waals surface area contributed by atoms with Gasteiger partial charge in [-0.1, -0.05) is 0 Å². The minimum absolute atomic E-state index is 0.0112. The molecule has 0 aliphatic heterocycles. The van der Waals surface area contributed by atoms with Gasteiger partial charge in [-0.05, 0) is 48.0 Å². The van der Waals surface area contributed by atoms with Crippen LogP contribution in [-0.4, -0.2) is 32.9 Å². The van der Waals surface area contributed by atoms with Crippen LogP contribution >= 0.6 is 15.9 Å². The SMILES string of the molecule is CC(C)NS(=O)(=O)c1ccc(Br)c(C(=O)OCC(N)=O)c1. The maximum Gasteiger partial charge on any atom is 0.339 e. The zero-order valence-electron chi connectivity index (χ0n) is 11.4. The molecule has 0 aliphatic carbocycles. The standard InChI is InChI=1S/C12H15BrN2O5S/c1-7(2)15-21(18,19)8-3-4-10(13)9(5-8)12(17)20-6-11(14)16/h3-5,7,15H,6H2,1-2H3,(H2,14,16). The number of halogens is 1. The van der Waals surface area contributed by atoms with Crippen molar-refractivity contribution in [1.82, 2.24) is 4.72 Å². The second kappa shape index (κ2) is 7.01. The number of rotatable bonds is 6. The van der Waals surface area contributed by atoms with Gasteiger partial charge in [0.05, 0.1) is 10.5 Å². The van der Waals surface area contributed by atoms with Crippen molar-refractivity contribution in [3.05, 3.63) is 28.2 Å². The Labute approximate surface area is 131 Å². The Kier molecular flexibility index (Phi) is 5.87. The van der Waals surface area contributed by atoms with E-state index >= 15 is 0 Å². The van der Waals surface area contributed by atoms with Crippen molar-refractivity contribution in [2.45, 2.75) is 24.8 Å². The van der Waals surface area contributed by atoms with E-state index in [0.717, 1.165) is 6.07 Å². The van der Waals surface area contributed by atoms with Gasteiger partial charge in [-0.2, -0.15) is 0 Å². The van der Waals surface area contributed by atoms with Crippen LogP contribution in [0.1, 0.15) is 24.2 Å². The summed E-state index contributed by atoms with van der Waals surface area (Å²) in [6, 6.07) is 3.64. The van der Waals surface area contributed by atoms with Crippen molar-refractivity contribution in [2.24, 2.45) is 5.73 Å². The molecule has 0 saturated carbocycles. The second-order valence-electron chi connectivity index (χ2n) is 4.46. The maximum atomic E-state index is 12.0. The largest absolute Gasteiger partial charge is 0.452 e. The Morgan fingerprint density at radius 1 is 1.38 bits per heavy atom. The quantitative estimate of drug-likeness (QED) is 0.709. The van der Waals surface area contributed by atoms with Crippen LogP contribution in [0.25, 0.3) is 0 Å². The Hall–Kier alpha value is -1.45. The molecule has 0 bridgehead atoms. The molecule has 21 heavy (non-hydrogen) atoms. The Bertz CT molecular complexity index is 658. The molecule has 116 valence electrons. The third-order valence-corrected chi connectivity index (χ3v) is 4.55. The molecule has 1 aromatic rings. The van der Waals surface area contributed by atoms with Crippen LogP contribution in [0.5, 0.6) is 0 Å². The lowest BCUT2D eigenvalue weighted by Gasteiger charge is -2.11. The highest BCUT2D eigenvalue weighted by Crippen LogP contribution is 2.22. The van der Waals surface area contributed by atoms with Crippen molar-refractivity contribution < 1.29 is 22.7 Å². The van der Waals surface area contributed by atoms with Gasteiger partial charge in [-0.3, -0.25) is 4.79 Å². The first-order chi connectivity index (χ1) is 9.63. The lowest BCUT2D eigenvalue weighted by Crippen LogP contribution is -2.30. The van der Waals surface area contributed by atoms with Crippen LogP contribution in [-0.2, 0) is 19.6 Å². The number of ether oxygens (including phenoxy) is 1. The van der Waals surface area contributed by atoms with E-state index in [1.807, 2.05) is 0 Å². The number of amides is 1. The topological polar surface area (TPSA) is 116 Å². The summed E-state index contributed by atoms with van der Waals surface area (Å²) in [7, 11) is -3.73. The molecule has 1 amide bonds. The zero-order valence-corrected chi connectivity index (χ0v) is 13.8. The van der Waals surface area contributed by atoms with Crippen molar-refractivity contribution in [3.8, 4) is 0 Å². The van der Waals surface area contributed by atoms with Crippen molar-refractivity contribution >= 4 is 37.8 Å². The van der Waals surface area contributed by atoms with Gasteiger partial charge in [-0.15, -0.1) is 0 Å². The molecule has 0 unspecified atom stereocenters. The van der Waals surface area contributed by atoms with Gasteiger partial charge in [0.2, 0.25) is 10.0 Å². The van der Waals surface area contributed by atoms with Crippen LogP contribution < -0.4 is 10.5 Å². The fourth-order valence-electron chi connectivity index (χ4n) is 1.42. The van der Waals surface area contributed by atoms with Crippen molar-refractivity contribution in [1.29, 1.82) is 0 Å². The summed E-state index contributed by atoms with van der Waals surface area (Å²) in [5.74, 6) is -1.65. The maximum absolute atomic E-state index is 12.0. The lowest BCUT2D eigenvalue weighted by molar-refractivity contribution is -0.121. The van der Waals surface area contributed by atoms with Gasteiger partial charge in [0, 0.05) is 10.5 Å². The summed E-state index contributed by atoms with van der Waals surface area (Å²) in [5.41, 5.74) is 4.87. The molecule has 1 rings (SSSR count). The number of sulfonamides is 1. The predicted molar refractivity (Wildman–Crippen MR) is 79.1 cm³/mol. The van der Waals surface area contributed by atoms with Gasteiger partial charge in [-0.25, -0.2) is 17.9 Å². The third kappa shape index (κ3) is 5.10. The van der Waals surface area contributed by atoms with E-state index in [-0.39, 0.29) is 16.5 Å². The Balaban J connectivity index is 3.10. The third-order valence-electron chi connectivity index (χ3n) is 2.20. The molecule has 0 heterocycles. The summed E-state index contributed by atoms with van der Waals surface area (Å²) in [6.45, 7) is 2.78. The van der Waals surface area contributed by atoms with Crippen molar-refractivity contribution in [2.75, 3.05) is 6.61 Å². The molecule has 0 atom stereocenters.